The molecule has 2 rings (SSSR count). The van der Waals surface area contributed by atoms with Gasteiger partial charge in [-0.25, -0.2) is 0 Å². The van der Waals surface area contributed by atoms with Crippen LogP contribution < -0.4 is 0 Å². The lowest BCUT2D eigenvalue weighted by Crippen LogP contribution is -2.21. The molecule has 0 aromatic rings. The van der Waals surface area contributed by atoms with Crippen molar-refractivity contribution >= 4 is 5.97 Å². The molecule has 0 spiro atoms. The van der Waals surface area contributed by atoms with Gasteiger partial charge >= 0.3 is 5.97 Å². The maximum atomic E-state index is 10.8. The van der Waals surface area contributed by atoms with Gasteiger partial charge in [-0.3, -0.25) is 4.79 Å². The minimum Gasteiger partial charge on any atom is -0.462 e. The summed E-state index contributed by atoms with van der Waals surface area (Å²) >= 11 is 0. The summed E-state index contributed by atoms with van der Waals surface area (Å²) in [6.45, 7) is 0. The third kappa shape index (κ3) is 1.02. The number of ether oxygens (including phenoxy) is 1. The van der Waals surface area contributed by atoms with Crippen LogP contribution in [0.5, 0.6) is 0 Å². The van der Waals surface area contributed by atoms with Gasteiger partial charge in [0.25, 0.3) is 0 Å². The smallest absolute Gasteiger partial charge is 0.306 e. The Labute approximate surface area is 69.3 Å². The van der Waals surface area contributed by atoms with Crippen molar-refractivity contribution in [3.05, 3.63) is 10.4 Å². The number of carbonyl (C=O) groups is 1. The van der Waals surface area contributed by atoms with Crippen molar-refractivity contribution in [3.63, 3.8) is 0 Å². The van der Waals surface area contributed by atoms with Crippen molar-refractivity contribution in [1.82, 2.24) is 0 Å². The van der Waals surface area contributed by atoms with Gasteiger partial charge in [-0.1, -0.05) is 5.11 Å². The summed E-state index contributed by atoms with van der Waals surface area (Å²) in [6.07, 6.45) is 2.17. The molecule has 0 radical (unpaired) electrons. The first kappa shape index (κ1) is 7.43. The molecule has 2 fully saturated rings. The highest BCUT2D eigenvalue weighted by Gasteiger charge is 2.44. The van der Waals surface area contributed by atoms with E-state index < -0.39 is 0 Å². The summed E-state index contributed by atoms with van der Waals surface area (Å²) in [5.74, 6) is 0.149. The molecule has 3 unspecified atom stereocenters. The van der Waals surface area contributed by atoms with E-state index in [4.69, 9.17) is 10.3 Å². The van der Waals surface area contributed by atoms with Crippen LogP contribution in [0, 0.1) is 5.92 Å². The number of esters is 1. The second-order valence-corrected chi connectivity index (χ2v) is 3.27. The molecule has 1 heterocycles. The first-order valence-corrected chi connectivity index (χ1v) is 4.05. The van der Waals surface area contributed by atoms with Gasteiger partial charge < -0.3 is 4.74 Å². The second-order valence-electron chi connectivity index (χ2n) is 3.27. The number of azide groups is 1. The van der Waals surface area contributed by atoms with E-state index in [1.54, 1.807) is 0 Å². The predicted molar refractivity (Wildman–Crippen MR) is 40.2 cm³/mol. The molecule has 1 saturated carbocycles. The van der Waals surface area contributed by atoms with Crippen LogP contribution in [0.4, 0.5) is 0 Å². The fraction of sp³-hybridized carbons (Fsp3) is 0.857. The molecule has 5 heteroatoms. The Morgan fingerprint density at radius 3 is 3.17 bits per heavy atom. The summed E-state index contributed by atoms with van der Waals surface area (Å²) in [4.78, 5) is 13.6. The zero-order valence-electron chi connectivity index (χ0n) is 6.51. The van der Waals surface area contributed by atoms with Gasteiger partial charge in [0.1, 0.15) is 6.10 Å². The van der Waals surface area contributed by atoms with Crippen LogP contribution in [0.1, 0.15) is 19.3 Å². The van der Waals surface area contributed by atoms with E-state index in [0.717, 1.165) is 12.8 Å². The molecule has 1 aliphatic carbocycles. The SMILES string of the molecule is [N-]=[N+]=NC1CCC2CC(=O)OC21. The number of fused-ring (bicyclic) bond motifs is 1. The van der Waals surface area contributed by atoms with Crippen molar-refractivity contribution in [3.8, 4) is 0 Å². The third-order valence-corrected chi connectivity index (χ3v) is 2.57. The fourth-order valence-corrected chi connectivity index (χ4v) is 2.02. The van der Waals surface area contributed by atoms with Crippen molar-refractivity contribution in [1.29, 1.82) is 0 Å². The van der Waals surface area contributed by atoms with Crippen LogP contribution in [0.2, 0.25) is 0 Å². The highest BCUT2D eigenvalue weighted by Crippen LogP contribution is 2.38. The van der Waals surface area contributed by atoms with E-state index in [9.17, 15) is 4.79 Å². The Morgan fingerprint density at radius 2 is 2.42 bits per heavy atom. The number of carbonyl (C=O) groups excluding carboxylic acids is 1. The molecule has 3 atom stereocenters. The van der Waals surface area contributed by atoms with Crippen LogP contribution in [0.15, 0.2) is 5.11 Å². The van der Waals surface area contributed by atoms with Crippen molar-refractivity contribution in [2.75, 3.05) is 0 Å². The first-order chi connectivity index (χ1) is 5.81. The Balaban J connectivity index is 2.12. The number of nitrogens with zero attached hydrogens (tertiary/aromatic N) is 3. The molecule has 0 aromatic heterocycles. The molecule has 2 aliphatic rings. The number of hydrogen-bond donors (Lipinski definition) is 0. The van der Waals surface area contributed by atoms with E-state index in [1.165, 1.54) is 0 Å². The Kier molecular flexibility index (Phi) is 1.66. The monoisotopic (exact) mass is 167 g/mol. The number of hydrogen-bond acceptors (Lipinski definition) is 3. The minimum absolute atomic E-state index is 0.119. The second kappa shape index (κ2) is 2.68. The van der Waals surface area contributed by atoms with E-state index in [2.05, 4.69) is 10.0 Å². The Morgan fingerprint density at radius 1 is 1.58 bits per heavy atom. The lowest BCUT2D eigenvalue weighted by Gasteiger charge is -2.11. The highest BCUT2D eigenvalue weighted by molar-refractivity contribution is 5.72. The fourth-order valence-electron chi connectivity index (χ4n) is 2.02. The molecule has 0 N–H and O–H groups in total. The van der Waals surface area contributed by atoms with Crippen LogP contribution >= 0.6 is 0 Å². The average Bonchev–Trinajstić information content (AvgIpc) is 2.52. The maximum Gasteiger partial charge on any atom is 0.306 e. The molecule has 1 saturated heterocycles. The van der Waals surface area contributed by atoms with Gasteiger partial charge in [0.15, 0.2) is 0 Å². The summed E-state index contributed by atoms with van der Waals surface area (Å²) in [7, 11) is 0. The zero-order chi connectivity index (χ0) is 8.55. The van der Waals surface area contributed by atoms with Crippen LogP contribution in [0.25, 0.3) is 10.4 Å². The molecular formula is C7H9N3O2. The minimum atomic E-state index is -0.150. The van der Waals surface area contributed by atoms with Gasteiger partial charge in [-0.05, 0) is 18.4 Å². The van der Waals surface area contributed by atoms with E-state index in [1.807, 2.05) is 0 Å². The van der Waals surface area contributed by atoms with Gasteiger partial charge in [-0.2, -0.15) is 0 Å². The lowest BCUT2D eigenvalue weighted by atomic mass is 10.0. The average molecular weight is 167 g/mol. The molecule has 0 bridgehead atoms. The summed E-state index contributed by atoms with van der Waals surface area (Å²) in [5, 5.41) is 3.60. The summed E-state index contributed by atoms with van der Waals surface area (Å²) < 4.78 is 5.05. The standard InChI is InChI=1S/C7H9N3O2/c8-10-9-5-2-1-4-3-6(11)12-7(4)5/h4-5,7H,1-3H2. The molecule has 64 valence electrons. The van der Waals surface area contributed by atoms with Crippen molar-refractivity contribution in [2.24, 2.45) is 11.0 Å². The molecule has 12 heavy (non-hydrogen) atoms. The van der Waals surface area contributed by atoms with Gasteiger partial charge in [-0.15, -0.1) is 0 Å². The zero-order valence-corrected chi connectivity index (χ0v) is 6.51. The van der Waals surface area contributed by atoms with E-state index in [0.29, 0.717) is 12.3 Å². The Hall–Kier alpha value is -1.22. The van der Waals surface area contributed by atoms with Crippen LogP contribution in [0.3, 0.4) is 0 Å². The van der Waals surface area contributed by atoms with Crippen LogP contribution in [-0.2, 0) is 9.53 Å². The molecule has 0 amide bonds. The maximum absolute atomic E-state index is 10.8. The molecule has 0 aromatic carbocycles. The highest BCUT2D eigenvalue weighted by atomic mass is 16.6. The predicted octanol–water partition coefficient (Wildman–Crippen LogP) is 1.39. The van der Waals surface area contributed by atoms with E-state index >= 15 is 0 Å². The quantitative estimate of drug-likeness (QED) is 0.256. The molecular weight excluding hydrogens is 158 g/mol. The molecule has 5 nitrogen and oxygen atoms in total. The number of rotatable bonds is 1. The normalized spacial score (nSPS) is 38.7. The summed E-state index contributed by atoms with van der Waals surface area (Å²) in [6, 6.07) is -0.119. The Bertz CT molecular complexity index is 259. The largest absolute Gasteiger partial charge is 0.462 e. The van der Waals surface area contributed by atoms with E-state index in [-0.39, 0.29) is 18.1 Å². The van der Waals surface area contributed by atoms with Gasteiger partial charge in [0.2, 0.25) is 0 Å². The van der Waals surface area contributed by atoms with Crippen molar-refractivity contribution < 1.29 is 9.53 Å². The van der Waals surface area contributed by atoms with Crippen LogP contribution in [-0.4, -0.2) is 18.1 Å². The molecule has 1 aliphatic heterocycles. The lowest BCUT2D eigenvalue weighted by molar-refractivity contribution is -0.141. The summed E-state index contributed by atoms with van der Waals surface area (Å²) in [5.41, 5.74) is 8.23. The third-order valence-electron chi connectivity index (χ3n) is 2.57. The first-order valence-electron chi connectivity index (χ1n) is 4.05. The topological polar surface area (TPSA) is 75.1 Å². The van der Waals surface area contributed by atoms with Gasteiger partial charge in [0, 0.05) is 10.8 Å². The van der Waals surface area contributed by atoms with Crippen molar-refractivity contribution in [2.45, 2.75) is 31.4 Å². The van der Waals surface area contributed by atoms with Gasteiger partial charge in [0.05, 0.1) is 12.5 Å².